The van der Waals surface area contributed by atoms with Crippen LogP contribution in [0.4, 0.5) is 8.78 Å². The van der Waals surface area contributed by atoms with E-state index >= 15 is 0 Å². The predicted octanol–water partition coefficient (Wildman–Crippen LogP) is 1.08. The van der Waals surface area contributed by atoms with Crippen LogP contribution in [0.15, 0.2) is 23.2 Å². The molecule has 0 aliphatic carbocycles. The minimum atomic E-state index is -0.442. The fourth-order valence-electron chi connectivity index (χ4n) is 3.05. The topological polar surface area (TPSA) is 69.2 Å². The quantitative estimate of drug-likeness (QED) is 0.230. The molecule has 0 aromatic heterocycles. The maximum absolute atomic E-state index is 13.7. The van der Waals surface area contributed by atoms with Gasteiger partial charge in [0.15, 0.2) is 5.96 Å². The Morgan fingerprint density at radius 2 is 1.90 bits per heavy atom. The zero-order valence-corrected chi connectivity index (χ0v) is 19.2. The lowest BCUT2D eigenvalue weighted by Crippen LogP contribution is -2.54. The third-order valence-corrected chi connectivity index (χ3v) is 4.56. The van der Waals surface area contributed by atoms with Gasteiger partial charge < -0.3 is 20.3 Å². The molecule has 7 nitrogen and oxygen atoms in total. The second-order valence-electron chi connectivity index (χ2n) is 6.57. The number of piperazine rings is 1. The van der Waals surface area contributed by atoms with Crippen LogP contribution in [0.2, 0.25) is 0 Å². The van der Waals surface area contributed by atoms with Gasteiger partial charge >= 0.3 is 0 Å². The van der Waals surface area contributed by atoms with Crippen LogP contribution in [0.25, 0.3) is 0 Å². The van der Waals surface area contributed by atoms with E-state index in [2.05, 4.69) is 25.4 Å². The minimum absolute atomic E-state index is 0. The first-order chi connectivity index (χ1) is 13.5. The smallest absolute Gasteiger partial charge is 0.234 e. The molecule has 1 aromatic rings. The van der Waals surface area contributed by atoms with Crippen LogP contribution in [0.3, 0.4) is 0 Å². The fraction of sp³-hybridized carbons (Fsp3) is 0.579. The molecule has 1 aliphatic rings. The van der Waals surface area contributed by atoms with Crippen LogP contribution >= 0.6 is 24.0 Å². The summed E-state index contributed by atoms with van der Waals surface area (Å²) >= 11 is 0. The summed E-state index contributed by atoms with van der Waals surface area (Å²) in [5.41, 5.74) is 0.340. The van der Waals surface area contributed by atoms with Crippen LogP contribution in [-0.4, -0.2) is 88.2 Å². The Morgan fingerprint density at radius 1 is 1.17 bits per heavy atom. The lowest BCUT2D eigenvalue weighted by molar-refractivity contribution is -0.122. The molecule has 1 amide bonds. The second-order valence-corrected chi connectivity index (χ2v) is 6.57. The Bertz CT molecular complexity index is 670. The summed E-state index contributed by atoms with van der Waals surface area (Å²) in [4.78, 5) is 20.3. The number of carbonyl (C=O) groups is 1. The van der Waals surface area contributed by atoms with Gasteiger partial charge in [0.25, 0.3) is 0 Å². The Balaban J connectivity index is 0.00000420. The van der Waals surface area contributed by atoms with Gasteiger partial charge in [0.2, 0.25) is 5.91 Å². The van der Waals surface area contributed by atoms with Crippen LogP contribution < -0.4 is 10.6 Å². The minimum Gasteiger partial charge on any atom is -0.383 e. The number of aliphatic imine (C=N–C) groups is 1. The molecule has 1 fully saturated rings. The summed E-state index contributed by atoms with van der Waals surface area (Å²) in [6.45, 7) is 4.79. The maximum Gasteiger partial charge on any atom is 0.234 e. The van der Waals surface area contributed by atoms with Crippen LogP contribution in [-0.2, 0) is 16.0 Å². The van der Waals surface area contributed by atoms with E-state index in [4.69, 9.17) is 4.74 Å². The van der Waals surface area contributed by atoms with Crippen LogP contribution in [0.1, 0.15) is 5.56 Å². The van der Waals surface area contributed by atoms with Gasteiger partial charge in [0.05, 0.1) is 13.2 Å². The van der Waals surface area contributed by atoms with Crippen LogP contribution in [0.5, 0.6) is 0 Å². The first kappa shape index (κ1) is 25.5. The van der Waals surface area contributed by atoms with Gasteiger partial charge in [0, 0.05) is 53.4 Å². The second kappa shape index (κ2) is 13.6. The first-order valence-electron chi connectivity index (χ1n) is 9.41. The third kappa shape index (κ3) is 8.79. The summed E-state index contributed by atoms with van der Waals surface area (Å²) in [6.07, 6.45) is 0.365. The number of methoxy groups -OCH3 is 1. The van der Waals surface area contributed by atoms with Gasteiger partial charge in [-0.25, -0.2) is 8.78 Å². The number of rotatable bonds is 8. The average Bonchev–Trinajstić information content (AvgIpc) is 2.69. The maximum atomic E-state index is 13.7. The zero-order chi connectivity index (χ0) is 20.4. The van der Waals surface area contributed by atoms with E-state index in [1.54, 1.807) is 14.2 Å². The highest BCUT2D eigenvalue weighted by atomic mass is 127. The Labute approximate surface area is 187 Å². The molecular formula is C19H30F2IN5O2. The van der Waals surface area contributed by atoms with Crippen LogP contribution in [0, 0.1) is 11.6 Å². The monoisotopic (exact) mass is 525 g/mol. The molecule has 10 heteroatoms. The van der Waals surface area contributed by atoms with Gasteiger partial charge in [-0.15, -0.1) is 24.0 Å². The molecule has 164 valence electrons. The number of guanidine groups is 1. The van der Waals surface area contributed by atoms with Crippen molar-refractivity contribution in [3.8, 4) is 0 Å². The number of amides is 1. The predicted molar refractivity (Wildman–Crippen MR) is 120 cm³/mol. The van der Waals surface area contributed by atoms with E-state index in [0.29, 0.717) is 38.2 Å². The van der Waals surface area contributed by atoms with Crippen molar-refractivity contribution < 1.29 is 18.3 Å². The van der Waals surface area contributed by atoms with Gasteiger partial charge in [-0.2, -0.15) is 0 Å². The molecule has 1 saturated heterocycles. The third-order valence-electron chi connectivity index (χ3n) is 4.56. The molecule has 0 saturated carbocycles. The van der Waals surface area contributed by atoms with Crippen molar-refractivity contribution in [2.24, 2.45) is 4.99 Å². The summed E-state index contributed by atoms with van der Waals surface area (Å²) < 4.78 is 31.9. The Morgan fingerprint density at radius 3 is 2.55 bits per heavy atom. The summed E-state index contributed by atoms with van der Waals surface area (Å²) in [5, 5.41) is 6.01. The van der Waals surface area contributed by atoms with Gasteiger partial charge in [-0.1, -0.05) is 0 Å². The summed E-state index contributed by atoms with van der Waals surface area (Å²) in [7, 11) is 3.29. The molecule has 0 spiro atoms. The van der Waals surface area contributed by atoms with Gasteiger partial charge in [-0.05, 0) is 30.2 Å². The highest BCUT2D eigenvalue weighted by Crippen LogP contribution is 2.10. The Kier molecular flexibility index (Phi) is 12.0. The molecule has 0 bridgehead atoms. The average molecular weight is 525 g/mol. The molecule has 2 N–H and O–H groups in total. The highest BCUT2D eigenvalue weighted by Gasteiger charge is 2.21. The molecule has 0 radical (unpaired) electrons. The number of benzene rings is 1. The van der Waals surface area contributed by atoms with E-state index in [0.717, 1.165) is 44.3 Å². The van der Waals surface area contributed by atoms with E-state index in [1.165, 1.54) is 6.07 Å². The van der Waals surface area contributed by atoms with Crippen molar-refractivity contribution in [2.45, 2.75) is 6.42 Å². The highest BCUT2D eigenvalue weighted by molar-refractivity contribution is 14.0. The standard InChI is InChI=1S/C19H29F2N5O2.HI/c1-22-19(24-6-5-15-13-16(20)3-4-17(15)21)26-10-8-25(9-11-26)14-18(27)23-7-12-28-2;/h3-4,13H,5-12,14H2,1-2H3,(H,22,24)(H,23,27);1H. The molecule has 0 atom stereocenters. The van der Waals surface area contributed by atoms with E-state index in [1.807, 2.05) is 0 Å². The van der Waals surface area contributed by atoms with Crippen molar-refractivity contribution in [1.82, 2.24) is 20.4 Å². The van der Waals surface area contributed by atoms with Crippen molar-refractivity contribution in [3.63, 3.8) is 0 Å². The van der Waals surface area contributed by atoms with E-state index in [-0.39, 0.29) is 29.9 Å². The fourth-order valence-corrected chi connectivity index (χ4v) is 3.05. The lowest BCUT2D eigenvalue weighted by atomic mass is 10.1. The Hall–Kier alpha value is -1.53. The molecule has 1 heterocycles. The molecule has 1 aromatic carbocycles. The van der Waals surface area contributed by atoms with Crippen molar-refractivity contribution in [1.29, 1.82) is 0 Å². The molecular weight excluding hydrogens is 495 g/mol. The number of ether oxygens (including phenoxy) is 1. The molecule has 1 aliphatic heterocycles. The lowest BCUT2D eigenvalue weighted by Gasteiger charge is -2.36. The number of halogens is 3. The largest absolute Gasteiger partial charge is 0.383 e. The molecule has 2 rings (SSSR count). The molecule has 0 unspecified atom stereocenters. The van der Waals surface area contributed by atoms with Gasteiger partial charge in [-0.3, -0.25) is 14.7 Å². The zero-order valence-electron chi connectivity index (χ0n) is 16.9. The summed E-state index contributed by atoms with van der Waals surface area (Å²) in [5.74, 6) is -0.134. The first-order valence-corrected chi connectivity index (χ1v) is 9.41. The molecule has 29 heavy (non-hydrogen) atoms. The van der Waals surface area contributed by atoms with E-state index < -0.39 is 11.6 Å². The van der Waals surface area contributed by atoms with Crippen molar-refractivity contribution in [3.05, 3.63) is 35.4 Å². The normalized spacial score (nSPS) is 15.0. The van der Waals surface area contributed by atoms with E-state index in [9.17, 15) is 13.6 Å². The number of carbonyl (C=O) groups excluding carboxylic acids is 1. The SMILES string of the molecule is CN=C(NCCc1cc(F)ccc1F)N1CCN(CC(=O)NCCOC)CC1.I. The number of nitrogens with zero attached hydrogens (tertiary/aromatic N) is 3. The van der Waals surface area contributed by atoms with Crippen molar-refractivity contribution in [2.75, 3.05) is 66.6 Å². The van der Waals surface area contributed by atoms with Crippen molar-refractivity contribution >= 4 is 35.8 Å². The number of hydrogen-bond donors (Lipinski definition) is 2. The number of hydrogen-bond acceptors (Lipinski definition) is 4. The van der Waals surface area contributed by atoms with Gasteiger partial charge in [0.1, 0.15) is 11.6 Å². The number of nitrogens with one attached hydrogen (secondary N) is 2. The summed E-state index contributed by atoms with van der Waals surface area (Å²) in [6, 6.07) is 3.48.